The zero-order valence-electron chi connectivity index (χ0n) is 8.32. The average Bonchev–Trinajstić information content (AvgIpc) is 2.15. The van der Waals surface area contributed by atoms with Gasteiger partial charge in [0, 0.05) is 6.61 Å². The summed E-state index contributed by atoms with van der Waals surface area (Å²) in [7, 11) is 0. The van der Waals surface area contributed by atoms with Gasteiger partial charge >= 0.3 is 5.97 Å². The molecule has 0 bridgehead atoms. The first-order valence-electron chi connectivity index (χ1n) is 4.76. The van der Waals surface area contributed by atoms with E-state index in [1.165, 1.54) is 0 Å². The van der Waals surface area contributed by atoms with Crippen LogP contribution in [0.1, 0.15) is 19.8 Å². The predicted molar refractivity (Wildman–Crippen MR) is 48.0 cm³/mol. The van der Waals surface area contributed by atoms with Gasteiger partial charge in [-0.2, -0.15) is 0 Å². The molecule has 0 aromatic carbocycles. The third-order valence-electron chi connectivity index (χ3n) is 1.97. The topological polar surface area (TPSA) is 65.0 Å². The fourth-order valence-corrected chi connectivity index (χ4v) is 1.34. The Bertz CT molecular complexity index is 186. The Morgan fingerprint density at radius 3 is 2.64 bits per heavy atom. The summed E-state index contributed by atoms with van der Waals surface area (Å²) < 4.78 is 15.9. The molecule has 5 heteroatoms. The summed E-state index contributed by atoms with van der Waals surface area (Å²) in [6.45, 7) is 3.60. The molecular formula is C9H16O5. The van der Waals surface area contributed by atoms with E-state index in [1.54, 1.807) is 0 Å². The zero-order valence-corrected chi connectivity index (χ0v) is 8.32. The van der Waals surface area contributed by atoms with Crippen LogP contribution in [0.5, 0.6) is 0 Å². The molecule has 14 heavy (non-hydrogen) atoms. The fraction of sp³-hybridized carbons (Fsp3) is 0.889. The Morgan fingerprint density at radius 2 is 2.14 bits per heavy atom. The first-order chi connectivity index (χ1) is 6.68. The van der Waals surface area contributed by atoms with Crippen molar-refractivity contribution in [3.05, 3.63) is 0 Å². The van der Waals surface area contributed by atoms with Crippen LogP contribution in [0.25, 0.3) is 0 Å². The molecule has 1 fully saturated rings. The molecule has 0 aromatic heterocycles. The molecule has 1 rings (SSSR count). The van der Waals surface area contributed by atoms with Gasteiger partial charge in [-0.25, -0.2) is 0 Å². The number of hydrogen-bond acceptors (Lipinski definition) is 4. The molecule has 0 aromatic rings. The van der Waals surface area contributed by atoms with Crippen LogP contribution < -0.4 is 0 Å². The molecule has 0 aliphatic carbocycles. The van der Waals surface area contributed by atoms with Crippen molar-refractivity contribution in [2.45, 2.75) is 25.6 Å². The number of aliphatic carboxylic acids is 1. The summed E-state index contributed by atoms with van der Waals surface area (Å²) in [6.07, 6.45) is 0.625. The second-order valence-corrected chi connectivity index (χ2v) is 3.17. The van der Waals surface area contributed by atoms with Crippen LogP contribution in [0.15, 0.2) is 0 Å². The van der Waals surface area contributed by atoms with Crippen LogP contribution in [-0.2, 0) is 19.0 Å². The van der Waals surface area contributed by atoms with Crippen LogP contribution >= 0.6 is 0 Å². The molecule has 0 amide bonds. The fourth-order valence-electron chi connectivity index (χ4n) is 1.34. The number of carboxylic acid groups (broad SMARTS) is 1. The molecule has 5 nitrogen and oxygen atoms in total. The van der Waals surface area contributed by atoms with Crippen molar-refractivity contribution in [2.75, 3.05) is 26.4 Å². The second kappa shape index (κ2) is 5.29. The molecular weight excluding hydrogens is 188 g/mol. The highest BCUT2D eigenvalue weighted by Gasteiger charge is 2.37. The predicted octanol–water partition coefficient (Wildman–Crippen LogP) is 0.631. The van der Waals surface area contributed by atoms with Crippen molar-refractivity contribution in [1.82, 2.24) is 0 Å². The smallest absolute Gasteiger partial charge is 0.308 e. The largest absolute Gasteiger partial charge is 0.481 e. The highest BCUT2D eigenvalue weighted by atomic mass is 16.7. The molecule has 0 radical (unpaired) electrons. The molecule has 1 heterocycles. The first-order valence-corrected chi connectivity index (χ1v) is 4.76. The molecule has 0 unspecified atom stereocenters. The van der Waals surface area contributed by atoms with E-state index in [0.717, 1.165) is 6.42 Å². The SMILES string of the molecule is CCOCC1(CC(=O)O)OCCCO1. The monoisotopic (exact) mass is 204 g/mol. The van der Waals surface area contributed by atoms with E-state index in [2.05, 4.69) is 0 Å². The van der Waals surface area contributed by atoms with Gasteiger partial charge in [0.1, 0.15) is 13.0 Å². The van der Waals surface area contributed by atoms with Gasteiger partial charge in [0.05, 0.1) is 13.2 Å². The van der Waals surface area contributed by atoms with E-state index >= 15 is 0 Å². The summed E-state index contributed by atoms with van der Waals surface area (Å²) in [5, 5.41) is 8.71. The minimum atomic E-state index is -1.07. The normalized spacial score (nSPS) is 20.6. The third-order valence-corrected chi connectivity index (χ3v) is 1.97. The summed E-state index contributed by atoms with van der Waals surface area (Å²) in [5.41, 5.74) is 0. The molecule has 0 saturated carbocycles. The lowest BCUT2D eigenvalue weighted by Crippen LogP contribution is -2.46. The van der Waals surface area contributed by atoms with Gasteiger partial charge in [0.2, 0.25) is 5.79 Å². The third kappa shape index (κ3) is 3.25. The van der Waals surface area contributed by atoms with E-state index in [4.69, 9.17) is 19.3 Å². The number of ether oxygens (including phenoxy) is 3. The van der Waals surface area contributed by atoms with Crippen molar-refractivity contribution in [1.29, 1.82) is 0 Å². The van der Waals surface area contributed by atoms with Gasteiger partial charge in [-0.05, 0) is 13.3 Å². The van der Waals surface area contributed by atoms with Crippen LogP contribution in [-0.4, -0.2) is 43.3 Å². The van der Waals surface area contributed by atoms with E-state index in [-0.39, 0.29) is 13.0 Å². The number of carbonyl (C=O) groups is 1. The summed E-state index contributed by atoms with van der Waals surface area (Å²) in [5.74, 6) is -2.01. The lowest BCUT2D eigenvalue weighted by atomic mass is 10.2. The maximum Gasteiger partial charge on any atom is 0.308 e. The Balaban J connectivity index is 2.52. The van der Waals surface area contributed by atoms with Crippen LogP contribution in [0.4, 0.5) is 0 Å². The van der Waals surface area contributed by atoms with Crippen molar-refractivity contribution in [3.8, 4) is 0 Å². The lowest BCUT2D eigenvalue weighted by molar-refractivity contribution is -0.288. The zero-order chi connectivity index (χ0) is 10.4. The Hall–Kier alpha value is -0.650. The van der Waals surface area contributed by atoms with E-state index in [9.17, 15) is 4.79 Å². The molecule has 0 atom stereocenters. The van der Waals surface area contributed by atoms with E-state index in [1.807, 2.05) is 6.92 Å². The summed E-state index contributed by atoms with van der Waals surface area (Å²) in [4.78, 5) is 10.6. The molecule has 1 aliphatic rings. The van der Waals surface area contributed by atoms with Gasteiger partial charge in [0.15, 0.2) is 0 Å². The van der Waals surface area contributed by atoms with Gasteiger partial charge < -0.3 is 19.3 Å². The maximum absolute atomic E-state index is 10.6. The minimum Gasteiger partial charge on any atom is -0.481 e. The first kappa shape index (κ1) is 11.4. The summed E-state index contributed by atoms with van der Waals surface area (Å²) >= 11 is 0. The standard InChI is InChI=1S/C9H16O5/c1-2-12-7-9(6-8(10)11)13-4-3-5-14-9/h2-7H2,1H3,(H,10,11). The molecule has 82 valence electrons. The molecule has 1 aliphatic heterocycles. The highest BCUT2D eigenvalue weighted by Crippen LogP contribution is 2.23. The van der Waals surface area contributed by atoms with Crippen molar-refractivity contribution < 1.29 is 24.1 Å². The van der Waals surface area contributed by atoms with Gasteiger partial charge in [-0.1, -0.05) is 0 Å². The number of hydrogen-bond donors (Lipinski definition) is 1. The minimum absolute atomic E-state index is 0.174. The van der Waals surface area contributed by atoms with Gasteiger partial charge in [-0.15, -0.1) is 0 Å². The second-order valence-electron chi connectivity index (χ2n) is 3.17. The molecule has 1 saturated heterocycles. The van der Waals surface area contributed by atoms with E-state index in [0.29, 0.717) is 19.8 Å². The quantitative estimate of drug-likeness (QED) is 0.711. The van der Waals surface area contributed by atoms with Crippen LogP contribution in [0.3, 0.4) is 0 Å². The average molecular weight is 204 g/mol. The maximum atomic E-state index is 10.6. The van der Waals surface area contributed by atoms with E-state index < -0.39 is 11.8 Å². The highest BCUT2D eigenvalue weighted by molar-refractivity contribution is 5.67. The number of rotatable bonds is 5. The van der Waals surface area contributed by atoms with Crippen molar-refractivity contribution in [3.63, 3.8) is 0 Å². The van der Waals surface area contributed by atoms with Gasteiger partial charge in [0.25, 0.3) is 0 Å². The van der Waals surface area contributed by atoms with Gasteiger partial charge in [-0.3, -0.25) is 4.79 Å². The number of carboxylic acids is 1. The van der Waals surface area contributed by atoms with Crippen molar-refractivity contribution >= 4 is 5.97 Å². The van der Waals surface area contributed by atoms with Crippen LogP contribution in [0.2, 0.25) is 0 Å². The lowest BCUT2D eigenvalue weighted by Gasteiger charge is -2.35. The summed E-state index contributed by atoms with van der Waals surface area (Å²) in [6, 6.07) is 0. The van der Waals surface area contributed by atoms with Crippen molar-refractivity contribution in [2.24, 2.45) is 0 Å². The Kier molecular flexibility index (Phi) is 4.31. The molecule has 0 spiro atoms. The Morgan fingerprint density at radius 1 is 1.50 bits per heavy atom. The Labute approximate surface area is 82.9 Å². The molecule has 1 N–H and O–H groups in total. The van der Waals surface area contributed by atoms with Crippen LogP contribution in [0, 0.1) is 0 Å².